The predicted molar refractivity (Wildman–Crippen MR) is 90.0 cm³/mol. The van der Waals surface area contributed by atoms with Gasteiger partial charge in [0, 0.05) is 25.5 Å². The minimum absolute atomic E-state index is 0.0378. The maximum atomic E-state index is 12.6. The third-order valence-corrected chi connectivity index (χ3v) is 4.78. The Labute approximate surface area is 149 Å². The summed E-state index contributed by atoms with van der Waals surface area (Å²) >= 11 is 0. The molecule has 0 N–H and O–H groups in total. The van der Waals surface area contributed by atoms with Crippen LogP contribution in [0.1, 0.15) is 46.5 Å². The van der Waals surface area contributed by atoms with Crippen molar-refractivity contribution in [2.24, 2.45) is 11.8 Å². The van der Waals surface area contributed by atoms with Crippen LogP contribution in [0, 0.1) is 11.8 Å². The van der Waals surface area contributed by atoms with E-state index in [4.69, 9.17) is 14.2 Å². The van der Waals surface area contributed by atoms with Gasteiger partial charge in [-0.2, -0.15) is 0 Å². The molecular weight excluding hydrogens is 326 g/mol. The van der Waals surface area contributed by atoms with Gasteiger partial charge in [0.1, 0.15) is 11.9 Å². The van der Waals surface area contributed by atoms with E-state index >= 15 is 0 Å². The number of likely N-dealkylation sites (tertiary alicyclic amines) is 1. The van der Waals surface area contributed by atoms with E-state index in [0.29, 0.717) is 25.5 Å². The van der Waals surface area contributed by atoms with Crippen LogP contribution in [0.25, 0.3) is 0 Å². The van der Waals surface area contributed by atoms with E-state index in [0.717, 1.165) is 25.5 Å². The molecule has 2 saturated heterocycles. The van der Waals surface area contributed by atoms with Crippen molar-refractivity contribution in [3.8, 4) is 0 Å². The molecule has 2 aliphatic heterocycles. The molecule has 0 unspecified atom stereocenters. The number of carbonyl (C=O) groups is 3. The SMILES string of the molecule is COC(=O)[C@@H]1[C@@H]2OCC[C@@H](CCC=O)C[C@H]2CN1C(=O)OC(C)(C)C. The molecular formula is C18H29NO6. The van der Waals surface area contributed by atoms with Crippen LogP contribution in [-0.4, -0.2) is 61.3 Å². The van der Waals surface area contributed by atoms with Crippen LogP contribution in [0.4, 0.5) is 4.79 Å². The fraction of sp³-hybridized carbons (Fsp3) is 0.833. The van der Waals surface area contributed by atoms with Crippen molar-refractivity contribution < 1.29 is 28.6 Å². The molecule has 0 aromatic rings. The Bertz CT molecular complexity index is 500. The number of hydrogen-bond acceptors (Lipinski definition) is 6. The maximum Gasteiger partial charge on any atom is 0.411 e. The van der Waals surface area contributed by atoms with E-state index in [1.54, 1.807) is 20.8 Å². The van der Waals surface area contributed by atoms with Crippen LogP contribution >= 0.6 is 0 Å². The second kappa shape index (κ2) is 8.17. The number of aldehydes is 1. The zero-order chi connectivity index (χ0) is 18.6. The topological polar surface area (TPSA) is 82.1 Å². The van der Waals surface area contributed by atoms with Crippen molar-refractivity contribution in [3.63, 3.8) is 0 Å². The van der Waals surface area contributed by atoms with E-state index in [2.05, 4.69) is 0 Å². The summed E-state index contributed by atoms with van der Waals surface area (Å²) in [6, 6.07) is -0.783. The van der Waals surface area contributed by atoms with Crippen molar-refractivity contribution in [3.05, 3.63) is 0 Å². The molecule has 2 heterocycles. The summed E-state index contributed by atoms with van der Waals surface area (Å²) in [6.45, 7) is 6.28. The molecule has 2 fully saturated rings. The van der Waals surface area contributed by atoms with Crippen LogP contribution in [0.5, 0.6) is 0 Å². The lowest BCUT2D eigenvalue weighted by Crippen LogP contribution is -2.48. The highest BCUT2D eigenvalue weighted by molar-refractivity contribution is 5.83. The minimum atomic E-state index is -0.783. The fourth-order valence-corrected chi connectivity index (χ4v) is 3.71. The monoisotopic (exact) mass is 355 g/mol. The molecule has 2 rings (SSSR count). The van der Waals surface area contributed by atoms with Gasteiger partial charge >= 0.3 is 12.1 Å². The van der Waals surface area contributed by atoms with Crippen molar-refractivity contribution in [2.75, 3.05) is 20.3 Å². The van der Waals surface area contributed by atoms with E-state index in [1.807, 2.05) is 0 Å². The number of esters is 1. The Morgan fingerprint density at radius 3 is 2.64 bits per heavy atom. The third-order valence-electron chi connectivity index (χ3n) is 4.78. The average Bonchev–Trinajstić information content (AvgIpc) is 2.76. The van der Waals surface area contributed by atoms with Crippen molar-refractivity contribution in [1.82, 2.24) is 4.90 Å². The van der Waals surface area contributed by atoms with Gasteiger partial charge in [-0.15, -0.1) is 0 Å². The first-order valence-electron chi connectivity index (χ1n) is 8.89. The van der Waals surface area contributed by atoms with Crippen molar-refractivity contribution in [1.29, 1.82) is 0 Å². The highest BCUT2D eigenvalue weighted by Gasteiger charge is 2.51. The summed E-state index contributed by atoms with van der Waals surface area (Å²) in [4.78, 5) is 37.0. The number of fused-ring (bicyclic) bond motifs is 1. The number of hydrogen-bond donors (Lipinski definition) is 0. The number of carbonyl (C=O) groups excluding carboxylic acids is 3. The molecule has 0 bridgehead atoms. The summed E-state index contributed by atoms with van der Waals surface area (Å²) in [6.07, 6.45) is 3.04. The molecule has 4 atom stereocenters. The maximum absolute atomic E-state index is 12.6. The van der Waals surface area contributed by atoms with E-state index < -0.39 is 23.7 Å². The van der Waals surface area contributed by atoms with E-state index in [-0.39, 0.29) is 12.0 Å². The van der Waals surface area contributed by atoms with E-state index in [9.17, 15) is 14.4 Å². The molecule has 0 spiro atoms. The van der Waals surface area contributed by atoms with Gasteiger partial charge in [0.05, 0.1) is 13.2 Å². The first-order chi connectivity index (χ1) is 11.8. The van der Waals surface area contributed by atoms with Crippen LogP contribution in [-0.2, 0) is 23.8 Å². The highest BCUT2D eigenvalue weighted by Crippen LogP contribution is 2.37. The summed E-state index contributed by atoms with van der Waals surface area (Å²) < 4.78 is 16.3. The molecule has 7 nitrogen and oxygen atoms in total. The zero-order valence-electron chi connectivity index (χ0n) is 15.5. The molecule has 0 radical (unpaired) electrons. The van der Waals surface area contributed by atoms with Crippen molar-refractivity contribution in [2.45, 2.75) is 64.2 Å². The molecule has 1 amide bonds. The molecule has 0 aromatic heterocycles. The average molecular weight is 355 g/mol. The smallest absolute Gasteiger partial charge is 0.411 e. The minimum Gasteiger partial charge on any atom is -0.467 e. The largest absolute Gasteiger partial charge is 0.467 e. The second-order valence-corrected chi connectivity index (χ2v) is 7.83. The predicted octanol–water partition coefficient (Wildman–Crippen LogP) is 2.17. The summed E-state index contributed by atoms with van der Waals surface area (Å²) in [7, 11) is 1.31. The molecule has 0 aliphatic carbocycles. The van der Waals surface area contributed by atoms with Crippen LogP contribution in [0.15, 0.2) is 0 Å². The molecule has 7 heteroatoms. The van der Waals surface area contributed by atoms with Crippen LogP contribution in [0.3, 0.4) is 0 Å². The summed E-state index contributed by atoms with van der Waals surface area (Å²) in [5, 5.41) is 0. The van der Waals surface area contributed by atoms with Gasteiger partial charge in [-0.25, -0.2) is 9.59 Å². The Balaban J connectivity index is 2.17. The number of amides is 1. The first kappa shape index (κ1) is 19.7. The van der Waals surface area contributed by atoms with Gasteiger partial charge in [-0.3, -0.25) is 4.90 Å². The molecule has 25 heavy (non-hydrogen) atoms. The molecule has 0 saturated carbocycles. The fourth-order valence-electron chi connectivity index (χ4n) is 3.71. The lowest BCUT2D eigenvalue weighted by atomic mass is 9.87. The molecule has 2 aliphatic rings. The van der Waals surface area contributed by atoms with Crippen molar-refractivity contribution >= 4 is 18.3 Å². The van der Waals surface area contributed by atoms with Gasteiger partial charge in [0.25, 0.3) is 0 Å². The standard InChI is InChI=1S/C18H29NO6/c1-18(2,3)25-17(22)19-11-13-10-12(6-5-8-20)7-9-24-15(13)14(19)16(21)23-4/h8,12-15H,5-7,9-11H2,1-4H3/t12-,13+,14+,15-/m1/s1. The number of rotatable bonds is 4. The number of methoxy groups -OCH3 is 1. The lowest BCUT2D eigenvalue weighted by Gasteiger charge is -2.28. The second-order valence-electron chi connectivity index (χ2n) is 7.83. The number of nitrogens with zero attached hydrogens (tertiary/aromatic N) is 1. The Morgan fingerprint density at radius 2 is 2.04 bits per heavy atom. The van der Waals surface area contributed by atoms with Gasteiger partial charge in [-0.1, -0.05) is 0 Å². The normalized spacial score (nSPS) is 29.5. The van der Waals surface area contributed by atoms with Gasteiger partial charge in [-0.05, 0) is 46.0 Å². The Kier molecular flexibility index (Phi) is 6.43. The first-order valence-corrected chi connectivity index (χ1v) is 8.89. The summed E-state index contributed by atoms with van der Waals surface area (Å²) in [5.74, 6) is -0.0856. The van der Waals surface area contributed by atoms with Gasteiger partial charge < -0.3 is 19.0 Å². The Hall–Kier alpha value is -1.63. The van der Waals surface area contributed by atoms with Crippen LogP contribution in [0.2, 0.25) is 0 Å². The number of ether oxygens (including phenoxy) is 3. The third kappa shape index (κ3) is 4.93. The highest BCUT2D eigenvalue weighted by atomic mass is 16.6. The molecule has 0 aromatic carbocycles. The van der Waals surface area contributed by atoms with Crippen LogP contribution < -0.4 is 0 Å². The lowest BCUT2D eigenvalue weighted by molar-refractivity contribution is -0.150. The quantitative estimate of drug-likeness (QED) is 0.568. The van der Waals surface area contributed by atoms with Gasteiger partial charge in [0.15, 0.2) is 6.04 Å². The van der Waals surface area contributed by atoms with E-state index in [1.165, 1.54) is 12.0 Å². The zero-order valence-corrected chi connectivity index (χ0v) is 15.5. The van der Waals surface area contributed by atoms with Gasteiger partial charge in [0.2, 0.25) is 0 Å². The molecule has 142 valence electrons. The Morgan fingerprint density at radius 1 is 1.32 bits per heavy atom. The summed E-state index contributed by atoms with van der Waals surface area (Å²) in [5.41, 5.74) is -0.643.